The number of carbonyl (C=O) groups excluding carboxylic acids is 2. The molecular weight excluding hydrogens is 892 g/mol. The van der Waals surface area contributed by atoms with E-state index < -0.39 is 81.8 Å². The molecule has 9 atom stereocenters. The second kappa shape index (κ2) is 40.8. The van der Waals surface area contributed by atoms with Gasteiger partial charge in [0.15, 0.2) is 6.10 Å². The van der Waals surface area contributed by atoms with Crippen LogP contribution in [0.4, 0.5) is 0 Å². The van der Waals surface area contributed by atoms with Gasteiger partial charge in [0.2, 0.25) is 0 Å². The van der Waals surface area contributed by atoms with E-state index in [0.29, 0.717) is 19.3 Å². The van der Waals surface area contributed by atoms with Crippen LogP contribution in [0.3, 0.4) is 0 Å². The van der Waals surface area contributed by atoms with E-state index in [2.05, 4.69) is 86.8 Å². The molecule has 14 nitrogen and oxygen atoms in total. The quantitative estimate of drug-likeness (QED) is 0.0101. The molecule has 1 saturated carbocycles. The maximum atomic E-state index is 12.8. The highest BCUT2D eigenvalue weighted by atomic mass is 31.2. The molecule has 0 aromatic rings. The normalized spacial score (nSPS) is 22.7. The SMILES string of the molecule is CC/C=C\C/C=C\C/C=C\C/C=C\C=C/C(O)C/C=C\CCC(=O)OC[C@H](COP(=O)(O)OC1[C@H](O)[C@H](O)C(O)[C@H](O)[C@H]1O)OC(=O)CC/C=C\C/C=C\C/C=C\C/C=C\C/C=C\CCCCC. The van der Waals surface area contributed by atoms with Crippen molar-refractivity contribution in [3.8, 4) is 0 Å². The van der Waals surface area contributed by atoms with Crippen LogP contribution in [0.2, 0.25) is 0 Å². The van der Waals surface area contributed by atoms with E-state index in [1.807, 2.05) is 30.4 Å². The zero-order chi connectivity index (χ0) is 50.1. The Balaban J connectivity index is 2.60. The number of phosphoric acid groups is 1. The molecule has 0 spiro atoms. The van der Waals surface area contributed by atoms with Crippen LogP contribution in [0.1, 0.15) is 123 Å². The van der Waals surface area contributed by atoms with Crippen molar-refractivity contribution in [2.24, 2.45) is 0 Å². The topological polar surface area (TPSA) is 230 Å². The molecular formula is C53H81O14P. The fraction of sp³-hybridized carbons (Fsp3) is 0.547. The summed E-state index contributed by atoms with van der Waals surface area (Å²) in [5.74, 6) is -1.39. The second-order valence-corrected chi connectivity index (χ2v) is 17.5. The highest BCUT2D eigenvalue weighted by Gasteiger charge is 2.51. The summed E-state index contributed by atoms with van der Waals surface area (Å²) in [6.45, 7) is 2.93. The molecule has 7 N–H and O–H groups in total. The van der Waals surface area contributed by atoms with Gasteiger partial charge >= 0.3 is 19.8 Å². The van der Waals surface area contributed by atoms with E-state index in [4.69, 9.17) is 18.5 Å². The molecule has 15 heteroatoms. The van der Waals surface area contributed by atoms with Gasteiger partial charge in [-0.3, -0.25) is 18.6 Å². The first-order chi connectivity index (χ1) is 32.8. The Morgan fingerprint density at radius 2 is 1.00 bits per heavy atom. The number of aliphatic hydroxyl groups is 6. The first-order valence-electron chi connectivity index (χ1n) is 24.1. The van der Waals surface area contributed by atoms with Gasteiger partial charge in [-0.05, 0) is 83.5 Å². The summed E-state index contributed by atoms with van der Waals surface area (Å²) in [7, 11) is -5.19. The fourth-order valence-electron chi connectivity index (χ4n) is 6.20. The Bertz CT molecular complexity index is 1710. The molecule has 0 aliphatic heterocycles. The van der Waals surface area contributed by atoms with Crippen LogP contribution in [0.25, 0.3) is 0 Å². The van der Waals surface area contributed by atoms with Gasteiger partial charge < -0.3 is 45.0 Å². The van der Waals surface area contributed by atoms with Crippen molar-refractivity contribution in [3.63, 3.8) is 0 Å². The van der Waals surface area contributed by atoms with E-state index in [0.717, 1.165) is 51.4 Å². The lowest BCUT2D eigenvalue weighted by Gasteiger charge is -2.41. The highest BCUT2D eigenvalue weighted by Crippen LogP contribution is 2.47. The predicted octanol–water partition coefficient (Wildman–Crippen LogP) is 8.91. The smallest absolute Gasteiger partial charge is 0.462 e. The van der Waals surface area contributed by atoms with Gasteiger partial charge in [0.25, 0.3) is 0 Å². The summed E-state index contributed by atoms with van der Waals surface area (Å²) >= 11 is 0. The van der Waals surface area contributed by atoms with Crippen molar-refractivity contribution >= 4 is 19.8 Å². The molecule has 68 heavy (non-hydrogen) atoms. The number of hydrogen-bond acceptors (Lipinski definition) is 13. The molecule has 0 heterocycles. The van der Waals surface area contributed by atoms with Crippen molar-refractivity contribution < 1.29 is 68.2 Å². The summed E-state index contributed by atoms with van der Waals surface area (Å²) in [5.41, 5.74) is 0. The molecule has 382 valence electrons. The number of rotatable bonds is 37. The van der Waals surface area contributed by atoms with E-state index in [-0.39, 0.29) is 19.3 Å². The van der Waals surface area contributed by atoms with E-state index in [1.165, 1.54) is 19.3 Å². The van der Waals surface area contributed by atoms with Gasteiger partial charge in [-0.15, -0.1) is 0 Å². The van der Waals surface area contributed by atoms with Gasteiger partial charge in [0, 0.05) is 12.8 Å². The Morgan fingerprint density at radius 1 is 0.544 bits per heavy atom. The van der Waals surface area contributed by atoms with Crippen molar-refractivity contribution in [3.05, 3.63) is 134 Å². The Hall–Kier alpha value is -4.05. The number of hydrogen-bond donors (Lipinski definition) is 7. The third kappa shape index (κ3) is 32.7. The van der Waals surface area contributed by atoms with Crippen LogP contribution in [0.5, 0.6) is 0 Å². The Morgan fingerprint density at radius 3 is 1.53 bits per heavy atom. The molecule has 0 amide bonds. The molecule has 1 aliphatic carbocycles. The van der Waals surface area contributed by atoms with Crippen LogP contribution in [0, 0.1) is 0 Å². The predicted molar refractivity (Wildman–Crippen MR) is 268 cm³/mol. The third-order valence-corrected chi connectivity index (χ3v) is 11.1. The zero-order valence-corrected chi connectivity index (χ0v) is 41.1. The van der Waals surface area contributed by atoms with Crippen molar-refractivity contribution in [1.29, 1.82) is 0 Å². The summed E-state index contributed by atoms with van der Waals surface area (Å²) in [6.07, 6.45) is 42.5. The largest absolute Gasteiger partial charge is 0.472 e. The lowest BCUT2D eigenvalue weighted by atomic mass is 9.85. The summed E-state index contributed by atoms with van der Waals surface area (Å²) in [4.78, 5) is 35.7. The molecule has 1 aliphatic rings. The minimum absolute atomic E-state index is 0.0638. The van der Waals surface area contributed by atoms with Gasteiger partial charge in [0.05, 0.1) is 12.7 Å². The molecule has 1 rings (SSSR count). The standard InChI is InChI=1S/C53H81O14P/c1-3-5-7-9-11-13-15-17-18-19-20-21-22-24-26-28-30-32-36-41-47(56)66-45(43-65-68(62,63)67-53-51(60)49(58)48(57)50(59)52(53)61)42-64-46(55)40-37-33-35-39-44(54)38-34-31-29-27-25-23-16-14-12-10-8-6-4-2/h6,8,11-14,17-18,20-21,23-26,29-35,38,44-45,48-54,57-61H,3-5,7,9-10,15-16,19,22,27-28,36-37,39-43H2,1-2H3,(H,62,63)/b8-6-,13-11-,14-12-,18-17-,21-20-,25-23-,26-24-,31-29-,32-30-,35-33-,38-34-/t44?,45-,48?,49-,50+,51-,52-,53?/m1/s1. The summed E-state index contributed by atoms with van der Waals surface area (Å²) in [6, 6.07) is 0. The van der Waals surface area contributed by atoms with Crippen molar-refractivity contribution in [1.82, 2.24) is 0 Å². The molecule has 4 unspecified atom stereocenters. The number of allylic oxidation sites excluding steroid dienone is 20. The van der Waals surface area contributed by atoms with Gasteiger partial charge in [-0.1, -0.05) is 160 Å². The summed E-state index contributed by atoms with van der Waals surface area (Å²) in [5, 5.41) is 60.4. The minimum Gasteiger partial charge on any atom is -0.462 e. The molecule has 1 fully saturated rings. The maximum Gasteiger partial charge on any atom is 0.472 e. The maximum absolute atomic E-state index is 12.8. The van der Waals surface area contributed by atoms with Crippen molar-refractivity contribution in [2.75, 3.05) is 13.2 Å². The van der Waals surface area contributed by atoms with E-state index in [9.17, 15) is 49.7 Å². The first kappa shape index (κ1) is 62.0. The monoisotopic (exact) mass is 973 g/mol. The van der Waals surface area contributed by atoms with Crippen LogP contribution in [-0.2, 0) is 32.7 Å². The highest BCUT2D eigenvalue weighted by molar-refractivity contribution is 7.47. The second-order valence-electron chi connectivity index (χ2n) is 16.1. The van der Waals surface area contributed by atoms with Gasteiger partial charge in [-0.25, -0.2) is 4.57 Å². The lowest BCUT2D eigenvalue weighted by molar-refractivity contribution is -0.220. The number of esters is 2. The average molecular weight is 973 g/mol. The third-order valence-electron chi connectivity index (χ3n) is 10.1. The van der Waals surface area contributed by atoms with Gasteiger partial charge in [-0.2, -0.15) is 0 Å². The molecule has 0 aromatic carbocycles. The fourth-order valence-corrected chi connectivity index (χ4v) is 7.17. The van der Waals surface area contributed by atoms with Gasteiger partial charge in [0.1, 0.15) is 43.2 Å². The zero-order valence-electron chi connectivity index (χ0n) is 40.2. The van der Waals surface area contributed by atoms with Crippen molar-refractivity contribution in [2.45, 2.75) is 172 Å². The minimum atomic E-state index is -5.19. The van der Waals surface area contributed by atoms with Crippen LogP contribution in [0.15, 0.2) is 134 Å². The lowest BCUT2D eigenvalue weighted by Crippen LogP contribution is -2.64. The number of ether oxygens (including phenoxy) is 2. The average Bonchev–Trinajstić information content (AvgIpc) is 3.32. The number of aliphatic hydroxyl groups excluding tert-OH is 6. The number of unbranched alkanes of at least 4 members (excludes halogenated alkanes) is 3. The molecule has 0 bridgehead atoms. The number of carbonyl (C=O) groups is 2. The molecule has 0 aromatic heterocycles. The first-order valence-corrected chi connectivity index (χ1v) is 25.6. The number of phosphoric ester groups is 1. The Labute approximate surface area is 405 Å². The van der Waals surface area contributed by atoms with E-state index >= 15 is 0 Å². The molecule has 0 radical (unpaired) electrons. The van der Waals surface area contributed by atoms with Crippen LogP contribution >= 0.6 is 7.82 Å². The summed E-state index contributed by atoms with van der Waals surface area (Å²) < 4.78 is 33.3. The Kier molecular flexibility index (Phi) is 37.2. The molecule has 0 saturated heterocycles. The van der Waals surface area contributed by atoms with E-state index in [1.54, 1.807) is 30.4 Å². The van der Waals surface area contributed by atoms with Crippen LogP contribution in [-0.4, -0.2) is 110 Å². The van der Waals surface area contributed by atoms with Crippen LogP contribution < -0.4 is 0 Å².